The molecule has 0 saturated carbocycles. The molecule has 0 unspecified atom stereocenters. The van der Waals surface area contributed by atoms with E-state index >= 15 is 0 Å². The summed E-state index contributed by atoms with van der Waals surface area (Å²) < 4.78 is 11.0. The number of hydrogen-bond acceptors (Lipinski definition) is 3. The molecule has 1 aromatic carbocycles. The Morgan fingerprint density at radius 2 is 1.75 bits per heavy atom. The second-order valence-electron chi connectivity index (χ2n) is 5.57. The first kappa shape index (κ1) is 14.5. The Labute approximate surface area is 120 Å². The molecule has 0 atom stereocenters. The molecule has 1 heterocycles. The third kappa shape index (κ3) is 3.16. The number of ether oxygens (including phenoxy) is 2. The normalized spacial score (nSPS) is 12.2. The van der Waals surface area contributed by atoms with E-state index in [9.17, 15) is 5.11 Å². The van der Waals surface area contributed by atoms with Gasteiger partial charge in [-0.1, -0.05) is 23.3 Å². The van der Waals surface area contributed by atoms with E-state index in [1.165, 1.54) is 11.1 Å². The van der Waals surface area contributed by atoms with Gasteiger partial charge in [0.05, 0.1) is 0 Å². The highest BCUT2D eigenvalue weighted by Gasteiger charge is 2.23. The number of hydrogen-bond donors (Lipinski definition) is 1. The lowest BCUT2D eigenvalue weighted by Crippen LogP contribution is -1.95. The zero-order chi connectivity index (χ0) is 14.7. The lowest BCUT2D eigenvalue weighted by Gasteiger charge is -2.11. The topological polar surface area (TPSA) is 38.7 Å². The summed E-state index contributed by atoms with van der Waals surface area (Å²) in [5.41, 5.74) is 4.14. The van der Waals surface area contributed by atoms with Crippen molar-refractivity contribution in [2.45, 2.75) is 40.5 Å². The Morgan fingerprint density at radius 1 is 1.10 bits per heavy atom. The Hall–Kier alpha value is -1.90. The van der Waals surface area contributed by atoms with Crippen molar-refractivity contribution in [1.29, 1.82) is 0 Å². The van der Waals surface area contributed by atoms with Gasteiger partial charge in [0, 0.05) is 11.1 Å². The van der Waals surface area contributed by atoms with Gasteiger partial charge < -0.3 is 14.6 Å². The monoisotopic (exact) mass is 274 g/mol. The molecule has 0 aliphatic carbocycles. The number of benzene rings is 1. The van der Waals surface area contributed by atoms with Crippen LogP contribution in [0.5, 0.6) is 17.2 Å². The van der Waals surface area contributed by atoms with Crippen molar-refractivity contribution in [2.24, 2.45) is 0 Å². The predicted octanol–water partition coefficient (Wildman–Crippen LogP) is 4.14. The maximum Gasteiger partial charge on any atom is 0.231 e. The van der Waals surface area contributed by atoms with Crippen molar-refractivity contribution in [1.82, 2.24) is 0 Å². The Morgan fingerprint density at radius 3 is 2.40 bits per heavy atom. The standard InChI is InChI=1S/C17H22O3/c1-11(2)5-7-13-9-15-17(20-10-19-15)14(16(13)18)8-6-12(3)4/h5-6,9,18H,7-8,10H2,1-4H3. The van der Waals surface area contributed by atoms with Gasteiger partial charge >= 0.3 is 0 Å². The Kier molecular flexibility index (Phi) is 4.38. The molecule has 0 saturated heterocycles. The van der Waals surface area contributed by atoms with Gasteiger partial charge in [0.1, 0.15) is 5.75 Å². The molecule has 0 bridgehead atoms. The van der Waals surface area contributed by atoms with Gasteiger partial charge in [0.2, 0.25) is 6.79 Å². The van der Waals surface area contributed by atoms with Crippen molar-refractivity contribution < 1.29 is 14.6 Å². The molecule has 0 aromatic heterocycles. The number of phenols is 1. The van der Waals surface area contributed by atoms with Gasteiger partial charge in [-0.05, 0) is 46.6 Å². The van der Waals surface area contributed by atoms with E-state index in [0.29, 0.717) is 24.3 Å². The third-order valence-corrected chi connectivity index (χ3v) is 3.26. The van der Waals surface area contributed by atoms with E-state index in [0.717, 1.165) is 16.9 Å². The van der Waals surface area contributed by atoms with Gasteiger partial charge in [0.25, 0.3) is 0 Å². The van der Waals surface area contributed by atoms with E-state index in [2.05, 4.69) is 12.2 Å². The summed E-state index contributed by atoms with van der Waals surface area (Å²) >= 11 is 0. The largest absolute Gasteiger partial charge is 0.507 e. The van der Waals surface area contributed by atoms with Crippen LogP contribution in [0.1, 0.15) is 38.8 Å². The summed E-state index contributed by atoms with van der Waals surface area (Å²) in [4.78, 5) is 0. The average molecular weight is 274 g/mol. The second kappa shape index (κ2) is 6.04. The van der Waals surface area contributed by atoms with Crippen LogP contribution in [0.3, 0.4) is 0 Å². The van der Waals surface area contributed by atoms with Crippen molar-refractivity contribution in [3.63, 3.8) is 0 Å². The van der Waals surface area contributed by atoms with Crippen LogP contribution in [-0.4, -0.2) is 11.9 Å². The maximum atomic E-state index is 10.5. The fourth-order valence-electron chi connectivity index (χ4n) is 2.12. The van der Waals surface area contributed by atoms with Crippen LogP contribution in [0.2, 0.25) is 0 Å². The number of phenolic OH excluding ortho intramolecular Hbond substituents is 1. The first-order valence-corrected chi connectivity index (χ1v) is 6.89. The lowest BCUT2D eigenvalue weighted by atomic mass is 10.00. The van der Waals surface area contributed by atoms with Crippen molar-refractivity contribution in [2.75, 3.05) is 6.79 Å². The number of allylic oxidation sites excluding steroid dienone is 4. The third-order valence-electron chi connectivity index (χ3n) is 3.26. The number of fused-ring (bicyclic) bond motifs is 1. The van der Waals surface area contributed by atoms with E-state index in [1.807, 2.05) is 33.8 Å². The molecule has 3 heteroatoms. The molecule has 0 radical (unpaired) electrons. The molecule has 0 amide bonds. The molecule has 108 valence electrons. The molecule has 1 aliphatic heterocycles. The summed E-state index contributed by atoms with van der Waals surface area (Å²) in [6.45, 7) is 8.41. The highest BCUT2D eigenvalue weighted by atomic mass is 16.7. The molecule has 1 N–H and O–H groups in total. The molecule has 20 heavy (non-hydrogen) atoms. The van der Waals surface area contributed by atoms with Gasteiger partial charge in [-0.25, -0.2) is 0 Å². The smallest absolute Gasteiger partial charge is 0.231 e. The van der Waals surface area contributed by atoms with Crippen LogP contribution in [0.25, 0.3) is 0 Å². The first-order valence-electron chi connectivity index (χ1n) is 6.89. The van der Waals surface area contributed by atoms with Crippen LogP contribution in [0.15, 0.2) is 29.4 Å². The van der Waals surface area contributed by atoms with E-state index in [4.69, 9.17) is 9.47 Å². The summed E-state index contributed by atoms with van der Waals surface area (Å²) in [6.07, 6.45) is 5.54. The maximum absolute atomic E-state index is 10.5. The van der Waals surface area contributed by atoms with Crippen LogP contribution in [0.4, 0.5) is 0 Å². The van der Waals surface area contributed by atoms with Crippen molar-refractivity contribution in [3.8, 4) is 17.2 Å². The van der Waals surface area contributed by atoms with Crippen LogP contribution >= 0.6 is 0 Å². The predicted molar refractivity (Wildman–Crippen MR) is 80.5 cm³/mol. The van der Waals surface area contributed by atoms with Crippen molar-refractivity contribution in [3.05, 3.63) is 40.5 Å². The molecule has 2 rings (SSSR count). The summed E-state index contributed by atoms with van der Waals surface area (Å²) in [5, 5.41) is 10.5. The Bertz CT molecular complexity index is 560. The van der Waals surface area contributed by atoms with Gasteiger partial charge in [-0.15, -0.1) is 0 Å². The highest BCUT2D eigenvalue weighted by Crippen LogP contribution is 2.43. The van der Waals surface area contributed by atoms with Crippen LogP contribution in [-0.2, 0) is 12.8 Å². The first-order chi connectivity index (χ1) is 9.49. The average Bonchev–Trinajstić information content (AvgIpc) is 2.82. The second-order valence-corrected chi connectivity index (χ2v) is 5.57. The van der Waals surface area contributed by atoms with Crippen molar-refractivity contribution >= 4 is 0 Å². The zero-order valence-electron chi connectivity index (χ0n) is 12.6. The highest BCUT2D eigenvalue weighted by molar-refractivity contribution is 5.59. The van der Waals surface area contributed by atoms with Gasteiger partial charge in [0.15, 0.2) is 11.5 Å². The Balaban J connectivity index is 2.42. The molecule has 1 aromatic rings. The van der Waals surface area contributed by atoms with E-state index < -0.39 is 0 Å². The molecular formula is C17H22O3. The number of aromatic hydroxyl groups is 1. The fourth-order valence-corrected chi connectivity index (χ4v) is 2.12. The van der Waals surface area contributed by atoms with E-state index in [-0.39, 0.29) is 6.79 Å². The number of rotatable bonds is 4. The SMILES string of the molecule is CC(C)=CCc1cc2c(c(CC=C(C)C)c1O)OCO2. The minimum atomic E-state index is 0.225. The van der Waals surface area contributed by atoms with Crippen LogP contribution < -0.4 is 9.47 Å². The lowest BCUT2D eigenvalue weighted by molar-refractivity contribution is 0.173. The van der Waals surface area contributed by atoms with Crippen LogP contribution in [0, 0.1) is 0 Å². The fraction of sp³-hybridized carbons (Fsp3) is 0.412. The molecule has 3 nitrogen and oxygen atoms in total. The minimum Gasteiger partial charge on any atom is -0.507 e. The molecular weight excluding hydrogens is 252 g/mol. The summed E-state index contributed by atoms with van der Waals surface area (Å²) in [6, 6.07) is 1.88. The van der Waals surface area contributed by atoms with Gasteiger partial charge in [-0.3, -0.25) is 0 Å². The quantitative estimate of drug-likeness (QED) is 0.839. The summed E-state index contributed by atoms with van der Waals surface area (Å²) in [5.74, 6) is 1.74. The summed E-state index contributed by atoms with van der Waals surface area (Å²) in [7, 11) is 0. The van der Waals surface area contributed by atoms with E-state index in [1.54, 1.807) is 0 Å². The molecule has 1 aliphatic rings. The molecule has 0 spiro atoms. The zero-order valence-corrected chi connectivity index (χ0v) is 12.6. The minimum absolute atomic E-state index is 0.225. The molecule has 0 fully saturated rings. The van der Waals surface area contributed by atoms with Gasteiger partial charge in [-0.2, -0.15) is 0 Å².